The van der Waals surface area contributed by atoms with E-state index in [0.717, 1.165) is 19.0 Å². The van der Waals surface area contributed by atoms with Gasteiger partial charge in [-0.1, -0.05) is 102 Å². The van der Waals surface area contributed by atoms with E-state index >= 15 is 0 Å². The van der Waals surface area contributed by atoms with Crippen molar-refractivity contribution in [1.82, 2.24) is 0 Å². The predicted molar refractivity (Wildman–Crippen MR) is 107 cm³/mol. The smallest absolute Gasteiger partial charge is 0.208 e. The molecule has 0 unspecified atom stereocenters. The summed E-state index contributed by atoms with van der Waals surface area (Å²) in [5.41, 5.74) is 0. The van der Waals surface area contributed by atoms with Crippen molar-refractivity contribution in [2.45, 2.75) is 96.8 Å². The third-order valence-electron chi connectivity index (χ3n) is 4.57. The van der Waals surface area contributed by atoms with E-state index in [-0.39, 0.29) is 0 Å². The molecule has 0 N–H and O–H groups in total. The van der Waals surface area contributed by atoms with Crippen molar-refractivity contribution in [1.29, 1.82) is 0 Å². The molecule has 0 spiro atoms. The van der Waals surface area contributed by atoms with E-state index in [0.29, 0.717) is 0 Å². The van der Waals surface area contributed by atoms with Crippen LogP contribution in [0.2, 0.25) is 0 Å². The largest absolute Gasteiger partial charge is 0.476 e. The van der Waals surface area contributed by atoms with Gasteiger partial charge in [-0.25, -0.2) is 4.99 Å². The maximum Gasteiger partial charge on any atom is 0.208 e. The molecule has 1 rings (SSSR count). The number of hydrogen-bond donors (Lipinski definition) is 0. The number of ether oxygens (including phenoxy) is 1. The van der Waals surface area contributed by atoms with Gasteiger partial charge in [0, 0.05) is 0 Å². The Bertz CT molecular complexity index is 357. The topological polar surface area (TPSA) is 21.6 Å². The van der Waals surface area contributed by atoms with Crippen LogP contribution < -0.4 is 0 Å². The Labute approximate surface area is 150 Å². The van der Waals surface area contributed by atoms with Crippen molar-refractivity contribution in [2.24, 2.45) is 4.99 Å². The maximum absolute atomic E-state index is 5.31. The van der Waals surface area contributed by atoms with Gasteiger partial charge in [-0.15, -0.1) is 0 Å². The van der Waals surface area contributed by atoms with Gasteiger partial charge in [-0.2, -0.15) is 0 Å². The van der Waals surface area contributed by atoms with Crippen LogP contribution in [0.4, 0.5) is 0 Å². The first-order valence-corrected chi connectivity index (χ1v) is 10.4. The number of aliphatic imine (C=N–C) groups is 1. The molecule has 0 aromatic rings. The molecule has 0 aliphatic carbocycles. The summed E-state index contributed by atoms with van der Waals surface area (Å²) in [5, 5.41) is 0. The Morgan fingerprint density at radius 1 is 0.792 bits per heavy atom. The Balaban J connectivity index is 1.74. The molecule has 0 atom stereocenters. The minimum Gasteiger partial charge on any atom is -0.476 e. The van der Waals surface area contributed by atoms with Gasteiger partial charge in [0.05, 0.1) is 6.54 Å². The molecule has 0 bridgehead atoms. The number of allylic oxidation sites excluding steroid dienone is 3. The lowest BCUT2D eigenvalue weighted by atomic mass is 10.0. The molecule has 0 aromatic carbocycles. The van der Waals surface area contributed by atoms with Crippen molar-refractivity contribution in [3.63, 3.8) is 0 Å². The average Bonchev–Trinajstić information content (AvgIpc) is 3.11. The molecule has 138 valence electrons. The van der Waals surface area contributed by atoms with Gasteiger partial charge in [0.2, 0.25) is 5.90 Å². The zero-order valence-corrected chi connectivity index (χ0v) is 16.0. The minimum atomic E-state index is 0.738. The zero-order chi connectivity index (χ0) is 17.1. The van der Waals surface area contributed by atoms with Gasteiger partial charge in [-0.3, -0.25) is 0 Å². The second-order valence-corrected chi connectivity index (χ2v) is 6.89. The zero-order valence-electron chi connectivity index (χ0n) is 16.0. The number of hydrogen-bond acceptors (Lipinski definition) is 2. The van der Waals surface area contributed by atoms with E-state index in [9.17, 15) is 0 Å². The Kier molecular flexibility index (Phi) is 14.7. The van der Waals surface area contributed by atoms with Crippen molar-refractivity contribution >= 4 is 5.90 Å². The van der Waals surface area contributed by atoms with Crippen LogP contribution in [0.3, 0.4) is 0 Å². The molecule has 2 heteroatoms. The summed E-state index contributed by atoms with van der Waals surface area (Å²) < 4.78 is 5.31. The first kappa shape index (κ1) is 21.0. The van der Waals surface area contributed by atoms with E-state index in [1.54, 1.807) is 0 Å². The van der Waals surface area contributed by atoms with Crippen LogP contribution in [0.15, 0.2) is 29.3 Å². The van der Waals surface area contributed by atoms with Crippen LogP contribution >= 0.6 is 0 Å². The fourth-order valence-corrected chi connectivity index (χ4v) is 3.05. The standard InChI is InChI=1S/C22H39NO/c1-2-3-4-5-6-7-8-9-10-11-12-13-14-15-16-17-18-19-22-23-20-21-24-22/h16-19H,2-15,20-21H2,1H3. The van der Waals surface area contributed by atoms with Gasteiger partial charge in [-0.05, 0) is 18.9 Å². The van der Waals surface area contributed by atoms with Crippen LogP contribution in [-0.4, -0.2) is 19.0 Å². The van der Waals surface area contributed by atoms with E-state index in [2.05, 4.69) is 24.1 Å². The van der Waals surface area contributed by atoms with Gasteiger partial charge >= 0.3 is 0 Å². The van der Waals surface area contributed by atoms with Crippen LogP contribution in [0.25, 0.3) is 0 Å². The Morgan fingerprint density at radius 2 is 1.38 bits per heavy atom. The molecule has 0 saturated heterocycles. The molecule has 24 heavy (non-hydrogen) atoms. The van der Waals surface area contributed by atoms with Crippen LogP contribution in [0.1, 0.15) is 96.8 Å². The molecule has 0 saturated carbocycles. The molecule has 0 amide bonds. The summed E-state index contributed by atoms with van der Waals surface area (Å²) >= 11 is 0. The molecule has 1 heterocycles. The molecule has 1 aliphatic rings. The second-order valence-electron chi connectivity index (χ2n) is 6.89. The summed E-state index contributed by atoms with van der Waals surface area (Å²) in [4.78, 5) is 4.22. The van der Waals surface area contributed by atoms with Gasteiger partial charge < -0.3 is 4.74 Å². The maximum atomic E-state index is 5.31. The highest BCUT2D eigenvalue weighted by atomic mass is 16.5. The highest BCUT2D eigenvalue weighted by Gasteiger charge is 2.00. The summed E-state index contributed by atoms with van der Waals surface area (Å²) in [6.45, 7) is 3.83. The lowest BCUT2D eigenvalue weighted by Crippen LogP contribution is -1.92. The van der Waals surface area contributed by atoms with Crippen LogP contribution in [0, 0.1) is 0 Å². The molecule has 0 fully saturated rings. The molecule has 0 aromatic heterocycles. The van der Waals surface area contributed by atoms with Crippen LogP contribution in [-0.2, 0) is 4.74 Å². The minimum absolute atomic E-state index is 0.738. The van der Waals surface area contributed by atoms with E-state index in [1.165, 1.54) is 89.9 Å². The third kappa shape index (κ3) is 13.4. The monoisotopic (exact) mass is 333 g/mol. The Hall–Kier alpha value is -1.05. The normalized spacial score (nSPS) is 14.6. The first-order valence-electron chi connectivity index (χ1n) is 10.4. The molecule has 2 nitrogen and oxygen atoms in total. The predicted octanol–water partition coefficient (Wildman–Crippen LogP) is 7.01. The molecule has 1 aliphatic heterocycles. The van der Waals surface area contributed by atoms with Crippen molar-refractivity contribution in [3.8, 4) is 0 Å². The van der Waals surface area contributed by atoms with Crippen molar-refractivity contribution < 1.29 is 4.74 Å². The van der Waals surface area contributed by atoms with E-state index in [4.69, 9.17) is 4.74 Å². The first-order chi connectivity index (χ1) is 11.9. The van der Waals surface area contributed by atoms with Gasteiger partial charge in [0.15, 0.2) is 0 Å². The average molecular weight is 334 g/mol. The number of unbranched alkanes of at least 4 members (excludes halogenated alkanes) is 13. The fraction of sp³-hybridized carbons (Fsp3) is 0.773. The summed E-state index contributed by atoms with van der Waals surface area (Å²) in [5.74, 6) is 0.778. The van der Waals surface area contributed by atoms with Gasteiger partial charge in [0.25, 0.3) is 0 Å². The number of nitrogens with zero attached hydrogens (tertiary/aromatic N) is 1. The van der Waals surface area contributed by atoms with E-state index in [1.807, 2.05) is 12.2 Å². The quantitative estimate of drug-likeness (QED) is 0.220. The number of rotatable bonds is 16. The summed E-state index contributed by atoms with van der Waals surface area (Å²) in [6.07, 6.45) is 28.0. The summed E-state index contributed by atoms with van der Waals surface area (Å²) in [7, 11) is 0. The lowest BCUT2D eigenvalue weighted by Gasteiger charge is -2.02. The highest BCUT2D eigenvalue weighted by molar-refractivity contribution is 5.88. The lowest BCUT2D eigenvalue weighted by molar-refractivity contribution is 0.350. The highest BCUT2D eigenvalue weighted by Crippen LogP contribution is 2.13. The van der Waals surface area contributed by atoms with Crippen LogP contribution in [0.5, 0.6) is 0 Å². The summed E-state index contributed by atoms with van der Waals surface area (Å²) in [6, 6.07) is 0. The Morgan fingerprint density at radius 3 is 1.92 bits per heavy atom. The SMILES string of the molecule is CCCCCCCCCCCCCCCC=CC=CC1=NCCO1. The fourth-order valence-electron chi connectivity index (χ4n) is 3.05. The third-order valence-corrected chi connectivity index (χ3v) is 4.57. The second kappa shape index (κ2) is 16.8. The van der Waals surface area contributed by atoms with Crippen molar-refractivity contribution in [2.75, 3.05) is 13.2 Å². The molecule has 0 radical (unpaired) electrons. The molecular formula is C22H39NO. The van der Waals surface area contributed by atoms with E-state index < -0.39 is 0 Å². The van der Waals surface area contributed by atoms with Crippen molar-refractivity contribution in [3.05, 3.63) is 24.3 Å². The molecular weight excluding hydrogens is 294 g/mol. The van der Waals surface area contributed by atoms with Gasteiger partial charge in [0.1, 0.15) is 6.61 Å².